The third-order valence-electron chi connectivity index (χ3n) is 2.36. The van der Waals surface area contributed by atoms with Gasteiger partial charge in [0.1, 0.15) is 6.10 Å². The molecule has 0 aliphatic rings. The minimum absolute atomic E-state index is 0.0128. The first-order valence-electron chi connectivity index (χ1n) is 5.36. The van der Waals surface area contributed by atoms with E-state index in [0.29, 0.717) is 27.8 Å². The molecule has 6 heteroatoms. The second kappa shape index (κ2) is 7.36. The molecule has 3 nitrogen and oxygen atoms in total. The van der Waals surface area contributed by atoms with Crippen molar-refractivity contribution in [2.24, 2.45) is 0 Å². The van der Waals surface area contributed by atoms with Crippen LogP contribution in [0.25, 0.3) is 0 Å². The lowest BCUT2D eigenvalue weighted by molar-refractivity contribution is -0.109. The van der Waals surface area contributed by atoms with Gasteiger partial charge in [-0.15, -0.1) is 0 Å². The van der Waals surface area contributed by atoms with Crippen LogP contribution in [0.3, 0.4) is 0 Å². The van der Waals surface area contributed by atoms with E-state index in [9.17, 15) is 15.0 Å². The van der Waals surface area contributed by atoms with Gasteiger partial charge in [-0.25, -0.2) is 0 Å². The number of aliphatic hydroxyl groups excluding tert-OH is 2. The summed E-state index contributed by atoms with van der Waals surface area (Å²) in [4.78, 5) is 10.7. The first kappa shape index (κ1) is 15.8. The molecule has 0 amide bonds. The third-order valence-corrected chi connectivity index (χ3v) is 3.77. The number of benzene rings is 1. The fraction of sp³-hybridized carbons (Fsp3) is 0.417. The first-order valence-corrected chi connectivity index (χ1v) is 7.10. The Hall–Kier alpha value is -0.260. The molecule has 0 aromatic heterocycles. The van der Waals surface area contributed by atoms with E-state index in [2.05, 4.69) is 0 Å². The van der Waals surface area contributed by atoms with Gasteiger partial charge in [0, 0.05) is 28.3 Å². The zero-order valence-corrected chi connectivity index (χ0v) is 12.1. The maximum Gasteiger partial charge on any atom is 0.185 e. The molecule has 18 heavy (non-hydrogen) atoms. The quantitative estimate of drug-likeness (QED) is 0.877. The summed E-state index contributed by atoms with van der Waals surface area (Å²) < 4.78 is 0. The van der Waals surface area contributed by atoms with Gasteiger partial charge in [0.25, 0.3) is 0 Å². The van der Waals surface area contributed by atoms with E-state index in [1.165, 1.54) is 13.0 Å². The molecule has 0 spiro atoms. The molecule has 0 saturated heterocycles. The second-order valence-electron chi connectivity index (χ2n) is 3.81. The van der Waals surface area contributed by atoms with Gasteiger partial charge in [-0.3, -0.25) is 4.79 Å². The van der Waals surface area contributed by atoms with Crippen LogP contribution < -0.4 is 0 Å². The van der Waals surface area contributed by atoms with Crippen LogP contribution in [-0.4, -0.2) is 27.2 Å². The highest BCUT2D eigenvalue weighted by molar-refractivity contribution is 8.13. The normalized spacial score (nSPS) is 14.3. The molecule has 0 radical (unpaired) electrons. The Morgan fingerprint density at radius 3 is 2.61 bits per heavy atom. The molecular formula is C12H14Cl2O3S. The van der Waals surface area contributed by atoms with Crippen LogP contribution in [0.4, 0.5) is 0 Å². The average molecular weight is 309 g/mol. The van der Waals surface area contributed by atoms with Gasteiger partial charge in [0.15, 0.2) is 5.12 Å². The van der Waals surface area contributed by atoms with Gasteiger partial charge in [-0.05, 0) is 18.6 Å². The van der Waals surface area contributed by atoms with Crippen molar-refractivity contribution < 1.29 is 15.0 Å². The Kier molecular flexibility index (Phi) is 6.46. The predicted octanol–water partition coefficient (Wildman–Crippen LogP) is 3.06. The minimum atomic E-state index is -1.08. The smallest absolute Gasteiger partial charge is 0.185 e. The molecule has 2 N–H and O–H groups in total. The number of carbonyl (C=O) groups is 1. The van der Waals surface area contributed by atoms with Crippen molar-refractivity contribution in [3.8, 4) is 0 Å². The summed E-state index contributed by atoms with van der Waals surface area (Å²) in [5.41, 5.74) is 0.432. The summed E-state index contributed by atoms with van der Waals surface area (Å²) in [6.45, 7) is 1.46. The van der Waals surface area contributed by atoms with Crippen molar-refractivity contribution >= 4 is 40.1 Å². The van der Waals surface area contributed by atoms with E-state index in [1.807, 2.05) is 0 Å². The Morgan fingerprint density at radius 1 is 1.39 bits per heavy atom. The molecule has 0 heterocycles. The molecule has 2 atom stereocenters. The lowest BCUT2D eigenvalue weighted by atomic mass is 10.0. The van der Waals surface area contributed by atoms with Gasteiger partial charge in [-0.2, -0.15) is 0 Å². The SMILES string of the molecule is CC(=O)SCCC(O)C(O)c1ccc(Cl)cc1Cl. The zero-order valence-electron chi connectivity index (χ0n) is 9.77. The van der Waals surface area contributed by atoms with Crippen molar-refractivity contribution in [1.82, 2.24) is 0 Å². The molecule has 1 aromatic rings. The van der Waals surface area contributed by atoms with Crippen molar-refractivity contribution in [3.63, 3.8) is 0 Å². The van der Waals surface area contributed by atoms with Crippen LogP contribution in [-0.2, 0) is 4.79 Å². The Morgan fingerprint density at radius 2 is 2.06 bits per heavy atom. The van der Waals surface area contributed by atoms with Gasteiger partial charge in [0.2, 0.25) is 0 Å². The number of thioether (sulfide) groups is 1. The Balaban J connectivity index is 2.62. The van der Waals surface area contributed by atoms with E-state index in [0.717, 1.165) is 11.8 Å². The monoisotopic (exact) mass is 308 g/mol. The van der Waals surface area contributed by atoms with Crippen molar-refractivity contribution in [3.05, 3.63) is 33.8 Å². The van der Waals surface area contributed by atoms with E-state index in [1.54, 1.807) is 12.1 Å². The standard InChI is InChI=1S/C12H14Cl2O3S/c1-7(15)18-5-4-11(16)12(17)9-3-2-8(13)6-10(9)14/h2-3,6,11-12,16-17H,4-5H2,1H3. The van der Waals surface area contributed by atoms with Gasteiger partial charge in [-0.1, -0.05) is 41.0 Å². The van der Waals surface area contributed by atoms with Gasteiger partial charge < -0.3 is 10.2 Å². The molecule has 0 bridgehead atoms. The highest BCUT2D eigenvalue weighted by atomic mass is 35.5. The highest BCUT2D eigenvalue weighted by Crippen LogP contribution is 2.29. The number of carbonyl (C=O) groups excluding carboxylic acids is 1. The molecule has 0 saturated carbocycles. The molecule has 1 rings (SSSR count). The summed E-state index contributed by atoms with van der Waals surface area (Å²) in [5, 5.41) is 20.5. The molecule has 1 aromatic carbocycles. The number of rotatable bonds is 5. The summed E-state index contributed by atoms with van der Waals surface area (Å²) in [6.07, 6.45) is -1.73. The number of aliphatic hydroxyl groups is 2. The Labute approximate surface area is 120 Å². The van der Waals surface area contributed by atoms with E-state index < -0.39 is 12.2 Å². The number of halogens is 2. The maximum atomic E-state index is 10.7. The minimum Gasteiger partial charge on any atom is -0.390 e. The third kappa shape index (κ3) is 4.78. The van der Waals surface area contributed by atoms with Crippen LogP contribution >= 0.6 is 35.0 Å². The van der Waals surface area contributed by atoms with Crippen molar-refractivity contribution in [2.75, 3.05) is 5.75 Å². The fourth-order valence-electron chi connectivity index (χ4n) is 1.43. The number of hydrogen-bond acceptors (Lipinski definition) is 4. The van der Waals surface area contributed by atoms with Crippen LogP contribution in [0, 0.1) is 0 Å². The van der Waals surface area contributed by atoms with Crippen molar-refractivity contribution in [1.29, 1.82) is 0 Å². The van der Waals surface area contributed by atoms with E-state index in [4.69, 9.17) is 23.2 Å². The molecule has 0 aliphatic heterocycles. The molecule has 2 unspecified atom stereocenters. The highest BCUT2D eigenvalue weighted by Gasteiger charge is 2.20. The first-order chi connectivity index (χ1) is 8.41. The maximum absolute atomic E-state index is 10.7. The summed E-state index contributed by atoms with van der Waals surface area (Å²) in [5.74, 6) is 0.457. The average Bonchev–Trinajstić information content (AvgIpc) is 2.27. The molecule has 100 valence electrons. The summed E-state index contributed by atoms with van der Waals surface area (Å²) in [6, 6.07) is 4.69. The van der Waals surface area contributed by atoms with Gasteiger partial charge in [0.05, 0.1) is 6.10 Å². The van der Waals surface area contributed by atoms with Crippen LogP contribution in [0.2, 0.25) is 10.0 Å². The van der Waals surface area contributed by atoms with Crippen LogP contribution in [0.1, 0.15) is 25.0 Å². The molecular weight excluding hydrogens is 295 g/mol. The topological polar surface area (TPSA) is 57.5 Å². The van der Waals surface area contributed by atoms with Crippen molar-refractivity contribution in [2.45, 2.75) is 25.6 Å². The zero-order chi connectivity index (χ0) is 13.7. The largest absolute Gasteiger partial charge is 0.390 e. The second-order valence-corrected chi connectivity index (χ2v) is 5.92. The summed E-state index contributed by atoms with van der Waals surface area (Å²) in [7, 11) is 0. The van der Waals surface area contributed by atoms with E-state index in [-0.39, 0.29) is 5.12 Å². The number of hydrogen-bond donors (Lipinski definition) is 2. The lowest BCUT2D eigenvalue weighted by Gasteiger charge is -2.19. The lowest BCUT2D eigenvalue weighted by Crippen LogP contribution is -2.19. The predicted molar refractivity (Wildman–Crippen MR) is 75.2 cm³/mol. The molecule has 0 aliphatic carbocycles. The van der Waals surface area contributed by atoms with Gasteiger partial charge >= 0.3 is 0 Å². The Bertz CT molecular complexity index is 426. The van der Waals surface area contributed by atoms with Crippen LogP contribution in [0.5, 0.6) is 0 Å². The van der Waals surface area contributed by atoms with Crippen LogP contribution in [0.15, 0.2) is 18.2 Å². The molecule has 0 fully saturated rings. The van der Waals surface area contributed by atoms with E-state index >= 15 is 0 Å². The fourth-order valence-corrected chi connectivity index (χ4v) is 2.60. The summed E-state index contributed by atoms with van der Waals surface area (Å²) >= 11 is 12.8.